The van der Waals surface area contributed by atoms with E-state index in [0.717, 1.165) is 58.2 Å². The van der Waals surface area contributed by atoms with Gasteiger partial charge in [-0.15, -0.1) is 0 Å². The van der Waals surface area contributed by atoms with Gasteiger partial charge in [-0.1, -0.05) is 0 Å². The van der Waals surface area contributed by atoms with E-state index in [1.54, 1.807) is 0 Å². The van der Waals surface area contributed by atoms with E-state index in [1.807, 2.05) is 0 Å². The van der Waals surface area contributed by atoms with Crippen molar-refractivity contribution in [3.63, 3.8) is 0 Å². The monoisotopic (exact) mass is 254 g/mol. The smallest absolute Gasteiger partial charge is 0.227 e. The highest BCUT2D eigenvalue weighted by molar-refractivity contribution is 5.82. The number of nitrogens with one attached hydrogen (secondary N) is 2. The molecule has 0 spiro atoms. The molecule has 1 aliphatic carbocycles. The van der Waals surface area contributed by atoms with E-state index in [2.05, 4.69) is 17.6 Å². The fourth-order valence-electron chi connectivity index (χ4n) is 3.05. The summed E-state index contributed by atoms with van der Waals surface area (Å²) in [5.41, 5.74) is -0.230. The topological polar surface area (TPSA) is 61.4 Å². The van der Waals surface area contributed by atoms with Gasteiger partial charge in [-0.25, -0.2) is 0 Å². The average molecular weight is 254 g/mol. The summed E-state index contributed by atoms with van der Waals surface area (Å²) in [4.78, 5) is 12.2. The second-order valence-electron chi connectivity index (χ2n) is 6.23. The minimum atomic E-state index is -0.230. The lowest BCUT2D eigenvalue weighted by atomic mass is 9.81. The quantitative estimate of drug-likeness (QED) is 0.705. The third-order valence-electron chi connectivity index (χ3n) is 4.51. The number of carbonyl (C=O) groups is 1. The van der Waals surface area contributed by atoms with Gasteiger partial charge < -0.3 is 15.7 Å². The predicted molar refractivity (Wildman–Crippen MR) is 71.2 cm³/mol. The average Bonchev–Trinajstić information content (AvgIpc) is 2.38. The molecule has 1 unspecified atom stereocenters. The lowest BCUT2D eigenvalue weighted by Crippen LogP contribution is -2.49. The molecule has 2 aliphatic rings. The molecule has 1 aliphatic heterocycles. The Morgan fingerprint density at radius 2 is 2.11 bits per heavy atom. The summed E-state index contributed by atoms with van der Waals surface area (Å²) in [5, 5.41) is 15.9. The van der Waals surface area contributed by atoms with Crippen LogP contribution in [0.2, 0.25) is 0 Å². The van der Waals surface area contributed by atoms with Crippen molar-refractivity contribution in [1.29, 1.82) is 0 Å². The van der Waals surface area contributed by atoms with Crippen LogP contribution in [0.4, 0.5) is 0 Å². The van der Waals surface area contributed by atoms with Gasteiger partial charge in [-0.05, 0) is 57.9 Å². The van der Waals surface area contributed by atoms with Gasteiger partial charge >= 0.3 is 0 Å². The molecule has 1 heterocycles. The van der Waals surface area contributed by atoms with Crippen molar-refractivity contribution in [2.75, 3.05) is 19.6 Å². The summed E-state index contributed by atoms with van der Waals surface area (Å²) in [6.07, 6.45) is 5.80. The van der Waals surface area contributed by atoms with Gasteiger partial charge in [-0.3, -0.25) is 4.79 Å². The normalized spacial score (nSPS) is 37.2. The van der Waals surface area contributed by atoms with E-state index in [-0.39, 0.29) is 17.4 Å². The van der Waals surface area contributed by atoms with Crippen LogP contribution in [0.25, 0.3) is 0 Å². The van der Waals surface area contributed by atoms with Gasteiger partial charge in [0, 0.05) is 13.1 Å². The number of carbonyl (C=O) groups excluding carboxylic acids is 1. The zero-order valence-electron chi connectivity index (χ0n) is 11.4. The number of hydrogen-bond acceptors (Lipinski definition) is 3. The standard InChI is InChI=1S/C14H26N2O2/c1-14(7-2-8-15-10-14)13(18)16-9-11-3-5-12(17)6-4-11/h11-12,15,17H,2-10H2,1H3,(H,16,18). The van der Waals surface area contributed by atoms with Crippen LogP contribution in [0.3, 0.4) is 0 Å². The molecule has 3 N–H and O–H groups in total. The summed E-state index contributed by atoms with van der Waals surface area (Å²) in [6, 6.07) is 0. The van der Waals surface area contributed by atoms with Crippen LogP contribution in [-0.4, -0.2) is 36.8 Å². The molecule has 2 fully saturated rings. The fourth-order valence-corrected chi connectivity index (χ4v) is 3.05. The lowest BCUT2D eigenvalue weighted by Gasteiger charge is -2.33. The highest BCUT2D eigenvalue weighted by atomic mass is 16.3. The lowest BCUT2D eigenvalue weighted by molar-refractivity contribution is -0.131. The van der Waals surface area contributed by atoms with Gasteiger partial charge in [0.05, 0.1) is 11.5 Å². The molecule has 1 saturated carbocycles. The summed E-state index contributed by atoms with van der Waals surface area (Å²) >= 11 is 0. The molecule has 0 bridgehead atoms. The first-order valence-electron chi connectivity index (χ1n) is 7.27. The molecule has 18 heavy (non-hydrogen) atoms. The second-order valence-corrected chi connectivity index (χ2v) is 6.23. The van der Waals surface area contributed by atoms with Gasteiger partial charge in [0.25, 0.3) is 0 Å². The van der Waals surface area contributed by atoms with Crippen LogP contribution in [0.1, 0.15) is 45.4 Å². The Hall–Kier alpha value is -0.610. The van der Waals surface area contributed by atoms with Gasteiger partial charge in [-0.2, -0.15) is 0 Å². The van der Waals surface area contributed by atoms with E-state index in [9.17, 15) is 9.90 Å². The molecule has 4 nitrogen and oxygen atoms in total. The van der Waals surface area contributed by atoms with Crippen LogP contribution >= 0.6 is 0 Å². The molecule has 0 aromatic rings. The third kappa shape index (κ3) is 3.45. The number of hydrogen-bond donors (Lipinski definition) is 3. The van der Waals surface area contributed by atoms with Crippen LogP contribution in [0.15, 0.2) is 0 Å². The number of amides is 1. The Kier molecular flexibility index (Phi) is 4.62. The van der Waals surface area contributed by atoms with E-state index < -0.39 is 0 Å². The second kappa shape index (κ2) is 6.02. The largest absolute Gasteiger partial charge is 0.393 e. The van der Waals surface area contributed by atoms with Crippen molar-refractivity contribution in [3.05, 3.63) is 0 Å². The van der Waals surface area contributed by atoms with Crippen molar-refractivity contribution < 1.29 is 9.90 Å². The summed E-state index contributed by atoms with van der Waals surface area (Å²) in [5.74, 6) is 0.748. The van der Waals surface area contributed by atoms with Crippen LogP contribution in [0.5, 0.6) is 0 Å². The van der Waals surface area contributed by atoms with E-state index in [1.165, 1.54) is 0 Å². The third-order valence-corrected chi connectivity index (χ3v) is 4.51. The first-order chi connectivity index (χ1) is 8.60. The van der Waals surface area contributed by atoms with Crippen molar-refractivity contribution in [2.45, 2.75) is 51.6 Å². The molecular weight excluding hydrogens is 228 g/mol. The molecule has 0 aromatic heterocycles. The fraction of sp³-hybridized carbons (Fsp3) is 0.929. The molecular formula is C14H26N2O2. The maximum Gasteiger partial charge on any atom is 0.227 e. The van der Waals surface area contributed by atoms with Crippen LogP contribution in [0, 0.1) is 11.3 Å². The zero-order chi connectivity index (χ0) is 13.0. The van der Waals surface area contributed by atoms with Gasteiger partial charge in [0.15, 0.2) is 0 Å². The Balaban J connectivity index is 1.74. The molecule has 0 aromatic carbocycles. The maximum absolute atomic E-state index is 12.2. The molecule has 104 valence electrons. The van der Waals surface area contributed by atoms with Crippen molar-refractivity contribution in [3.8, 4) is 0 Å². The molecule has 0 radical (unpaired) electrons. The predicted octanol–water partition coefficient (Wildman–Crippen LogP) is 1.04. The van der Waals surface area contributed by atoms with E-state index in [0.29, 0.717) is 5.92 Å². The first-order valence-corrected chi connectivity index (χ1v) is 7.27. The summed E-state index contributed by atoms with van der Waals surface area (Å²) < 4.78 is 0. The Labute approximate surface area is 110 Å². The van der Waals surface area contributed by atoms with Gasteiger partial charge in [0.1, 0.15) is 0 Å². The molecule has 1 amide bonds. The Morgan fingerprint density at radius 3 is 2.72 bits per heavy atom. The van der Waals surface area contributed by atoms with Crippen LogP contribution < -0.4 is 10.6 Å². The zero-order valence-corrected chi connectivity index (χ0v) is 11.4. The SMILES string of the molecule is CC1(C(=O)NCC2CCC(O)CC2)CCCNC1. The highest BCUT2D eigenvalue weighted by Gasteiger charge is 2.34. The molecule has 4 heteroatoms. The highest BCUT2D eigenvalue weighted by Crippen LogP contribution is 2.27. The molecule has 1 saturated heterocycles. The number of piperidine rings is 1. The molecule has 2 rings (SSSR count). The van der Waals surface area contributed by atoms with E-state index >= 15 is 0 Å². The number of aliphatic hydroxyl groups is 1. The van der Waals surface area contributed by atoms with Gasteiger partial charge in [0.2, 0.25) is 5.91 Å². The summed E-state index contributed by atoms with van der Waals surface area (Å²) in [6.45, 7) is 4.66. The first kappa shape index (κ1) is 13.8. The molecule has 1 atom stereocenters. The van der Waals surface area contributed by atoms with Crippen LogP contribution in [-0.2, 0) is 4.79 Å². The van der Waals surface area contributed by atoms with E-state index in [4.69, 9.17) is 0 Å². The minimum Gasteiger partial charge on any atom is -0.393 e. The number of aliphatic hydroxyl groups excluding tert-OH is 1. The van der Waals surface area contributed by atoms with Crippen molar-refractivity contribution in [1.82, 2.24) is 10.6 Å². The van der Waals surface area contributed by atoms with Crippen molar-refractivity contribution >= 4 is 5.91 Å². The number of rotatable bonds is 3. The maximum atomic E-state index is 12.2. The Morgan fingerprint density at radius 1 is 1.39 bits per heavy atom. The minimum absolute atomic E-state index is 0.114. The Bertz CT molecular complexity index is 280. The van der Waals surface area contributed by atoms with Crippen molar-refractivity contribution in [2.24, 2.45) is 11.3 Å². The summed E-state index contributed by atoms with van der Waals surface area (Å²) in [7, 11) is 0.